The fourth-order valence-corrected chi connectivity index (χ4v) is 13.5. The van der Waals surface area contributed by atoms with E-state index >= 15 is 0 Å². The molecule has 6 fully saturated rings. The summed E-state index contributed by atoms with van der Waals surface area (Å²) in [6.07, 6.45) is 9.78. The maximum absolute atomic E-state index is 11.9. The van der Waals surface area contributed by atoms with Gasteiger partial charge in [-0.2, -0.15) is 0 Å². The minimum atomic E-state index is -1.24. The molecule has 1 heterocycles. The van der Waals surface area contributed by atoms with Gasteiger partial charge < -0.3 is 29.2 Å². The van der Waals surface area contributed by atoms with Gasteiger partial charge in [0.2, 0.25) is 0 Å². The number of hydrogen-bond donors (Lipinski definition) is 2. The average molecular weight is 657 g/mol. The van der Waals surface area contributed by atoms with Crippen molar-refractivity contribution in [1.29, 1.82) is 0 Å². The molecule has 2 N–H and O–H groups in total. The van der Waals surface area contributed by atoms with E-state index in [1.165, 1.54) is 51.0 Å². The van der Waals surface area contributed by atoms with Crippen LogP contribution in [0.15, 0.2) is 24.8 Å². The number of aliphatic hydroxyl groups excluding tert-OH is 2. The van der Waals surface area contributed by atoms with Gasteiger partial charge in [0, 0.05) is 6.92 Å². The standard InChI is InChI=1S/C40H64O7/c1-10-21-44-31-15-16-37(7)29(36(31,5)6)14-17-39(9)30(37)12-11-27-32-26(24(2)3)13-18-40(32,20-19-38(27,39)8)23-46-35-34(47-25(4)41)33(43)28(42)22-45-35/h10,26-35,42-43H,1-2,11-23H2,3-9H3/t26-,27+,28-,29-,30+,31-,32+,33-,34+,35-,37-,38+,39+,40+/m0/s1. The first-order valence-corrected chi connectivity index (χ1v) is 18.7. The van der Waals surface area contributed by atoms with E-state index in [-0.39, 0.29) is 34.4 Å². The van der Waals surface area contributed by atoms with Gasteiger partial charge >= 0.3 is 5.97 Å². The molecule has 0 unspecified atom stereocenters. The Bertz CT molecular complexity index is 1210. The minimum Gasteiger partial charge on any atom is -0.454 e. The number of fused-ring (bicyclic) bond motifs is 7. The first kappa shape index (κ1) is 35.6. The molecule has 0 bridgehead atoms. The molecule has 14 atom stereocenters. The molecular weight excluding hydrogens is 592 g/mol. The molecule has 1 aliphatic heterocycles. The second kappa shape index (κ2) is 12.5. The molecule has 7 heteroatoms. The fourth-order valence-electron chi connectivity index (χ4n) is 13.5. The monoisotopic (exact) mass is 656 g/mol. The van der Waals surface area contributed by atoms with Gasteiger partial charge in [0.05, 0.1) is 25.9 Å². The lowest BCUT2D eigenvalue weighted by Crippen LogP contribution is -2.67. The highest BCUT2D eigenvalue weighted by molar-refractivity contribution is 5.66. The summed E-state index contributed by atoms with van der Waals surface area (Å²) >= 11 is 0. The molecule has 0 aromatic carbocycles. The first-order valence-electron chi connectivity index (χ1n) is 18.7. The predicted octanol–water partition coefficient (Wildman–Crippen LogP) is 7.24. The molecule has 5 aliphatic carbocycles. The van der Waals surface area contributed by atoms with Crippen molar-refractivity contribution < 1.29 is 34.0 Å². The van der Waals surface area contributed by atoms with Crippen molar-refractivity contribution in [2.24, 2.45) is 56.7 Å². The van der Waals surface area contributed by atoms with E-state index in [0.29, 0.717) is 48.2 Å². The van der Waals surface area contributed by atoms with Gasteiger partial charge in [-0.05, 0) is 128 Å². The summed E-state index contributed by atoms with van der Waals surface area (Å²) < 4.78 is 24.3. The second-order valence-corrected chi connectivity index (χ2v) is 18.2. The van der Waals surface area contributed by atoms with Gasteiger partial charge in [0.25, 0.3) is 0 Å². The normalized spacial score (nSPS) is 50.3. The lowest BCUT2D eigenvalue weighted by Gasteiger charge is -2.73. The van der Waals surface area contributed by atoms with Crippen LogP contribution >= 0.6 is 0 Å². The van der Waals surface area contributed by atoms with E-state index in [4.69, 9.17) is 18.9 Å². The Labute approximate surface area is 284 Å². The molecule has 6 aliphatic rings. The molecule has 0 amide bonds. The Morgan fingerprint density at radius 2 is 1.64 bits per heavy atom. The number of carbonyl (C=O) groups excluding carboxylic acids is 1. The third kappa shape index (κ3) is 5.43. The smallest absolute Gasteiger partial charge is 0.303 e. The van der Waals surface area contributed by atoms with E-state index in [1.54, 1.807) is 0 Å². The largest absolute Gasteiger partial charge is 0.454 e. The van der Waals surface area contributed by atoms with Crippen molar-refractivity contribution in [3.8, 4) is 0 Å². The molecule has 0 aromatic heterocycles. The number of carbonyl (C=O) groups is 1. The van der Waals surface area contributed by atoms with Crippen LogP contribution in [0.2, 0.25) is 0 Å². The number of rotatable bonds is 8. The highest BCUT2D eigenvalue weighted by Crippen LogP contribution is 2.77. The summed E-state index contributed by atoms with van der Waals surface area (Å²) in [4.78, 5) is 11.9. The number of allylic oxidation sites excluding steroid dienone is 1. The van der Waals surface area contributed by atoms with Crippen LogP contribution in [0.25, 0.3) is 0 Å². The molecular formula is C40H64O7. The predicted molar refractivity (Wildman–Crippen MR) is 182 cm³/mol. The average Bonchev–Trinajstić information content (AvgIpc) is 3.39. The van der Waals surface area contributed by atoms with E-state index in [0.717, 1.165) is 25.7 Å². The number of ether oxygens (including phenoxy) is 4. The number of esters is 1. The fraction of sp³-hybridized carbons (Fsp3) is 0.875. The maximum atomic E-state index is 11.9. The summed E-state index contributed by atoms with van der Waals surface area (Å²) in [5, 5.41) is 20.9. The molecule has 6 rings (SSSR count). The van der Waals surface area contributed by atoms with Crippen LogP contribution in [-0.2, 0) is 23.7 Å². The molecule has 47 heavy (non-hydrogen) atoms. The van der Waals surface area contributed by atoms with Crippen molar-refractivity contribution in [1.82, 2.24) is 0 Å². The Morgan fingerprint density at radius 1 is 0.894 bits per heavy atom. The van der Waals surface area contributed by atoms with Crippen molar-refractivity contribution in [3.63, 3.8) is 0 Å². The Hall–Kier alpha value is -1.25. The molecule has 0 radical (unpaired) electrons. The van der Waals surface area contributed by atoms with Gasteiger partial charge in [0.1, 0.15) is 12.2 Å². The third-order valence-corrected chi connectivity index (χ3v) is 15.9. The van der Waals surface area contributed by atoms with Gasteiger partial charge in [0.15, 0.2) is 12.4 Å². The van der Waals surface area contributed by atoms with E-state index in [2.05, 4.69) is 54.7 Å². The Kier molecular flexibility index (Phi) is 9.47. The SMILES string of the molecule is C=CCO[C@H]1CC[C@]2(C)[C@H]3CC[C@@H]4[C@H]5[C@H](C(=C)C)CC[C@]5(CO[C@@H]5OC[C@H](O)[C@H](O)[C@H]5OC(C)=O)CC[C@@]4(C)[C@]3(C)CC[C@H]2C1(C)C. The van der Waals surface area contributed by atoms with Crippen molar-refractivity contribution in [3.05, 3.63) is 24.8 Å². The van der Waals surface area contributed by atoms with Crippen molar-refractivity contribution >= 4 is 5.97 Å². The molecule has 5 saturated carbocycles. The van der Waals surface area contributed by atoms with Gasteiger partial charge in [-0.3, -0.25) is 4.79 Å². The Morgan fingerprint density at radius 3 is 2.32 bits per heavy atom. The highest BCUT2D eigenvalue weighted by atomic mass is 16.7. The summed E-state index contributed by atoms with van der Waals surface area (Å²) in [6.45, 7) is 26.0. The molecule has 7 nitrogen and oxygen atoms in total. The van der Waals surface area contributed by atoms with Crippen LogP contribution in [0.5, 0.6) is 0 Å². The van der Waals surface area contributed by atoms with Gasteiger partial charge in [-0.15, -0.1) is 6.58 Å². The lowest BCUT2D eigenvalue weighted by atomic mass is 9.32. The number of aliphatic hydroxyl groups is 2. The van der Waals surface area contributed by atoms with Crippen molar-refractivity contribution in [2.75, 3.05) is 19.8 Å². The van der Waals surface area contributed by atoms with E-state index in [1.807, 2.05) is 6.08 Å². The zero-order chi connectivity index (χ0) is 34.2. The summed E-state index contributed by atoms with van der Waals surface area (Å²) in [6, 6.07) is 0. The molecule has 0 spiro atoms. The van der Waals surface area contributed by atoms with Gasteiger partial charge in [-0.1, -0.05) is 52.8 Å². The summed E-state index contributed by atoms with van der Waals surface area (Å²) in [5.41, 5.74) is 2.18. The van der Waals surface area contributed by atoms with E-state index in [9.17, 15) is 15.0 Å². The summed E-state index contributed by atoms with van der Waals surface area (Å²) in [5.74, 6) is 2.31. The Balaban J connectivity index is 1.27. The van der Waals surface area contributed by atoms with Crippen LogP contribution in [-0.4, -0.2) is 66.7 Å². The zero-order valence-corrected chi connectivity index (χ0v) is 30.4. The van der Waals surface area contributed by atoms with Crippen molar-refractivity contribution in [2.45, 2.75) is 143 Å². The zero-order valence-electron chi connectivity index (χ0n) is 30.4. The van der Waals surface area contributed by atoms with Crippen LogP contribution in [0.4, 0.5) is 0 Å². The molecule has 0 aromatic rings. The number of hydrogen-bond acceptors (Lipinski definition) is 7. The van der Waals surface area contributed by atoms with E-state index < -0.39 is 30.6 Å². The third-order valence-electron chi connectivity index (χ3n) is 15.9. The second-order valence-electron chi connectivity index (χ2n) is 18.2. The quantitative estimate of drug-likeness (QED) is 0.210. The van der Waals surface area contributed by atoms with Crippen LogP contribution in [0, 0.1) is 56.7 Å². The molecule has 1 saturated heterocycles. The topological polar surface area (TPSA) is 94.5 Å². The highest BCUT2D eigenvalue weighted by Gasteiger charge is 2.71. The minimum absolute atomic E-state index is 0.0220. The summed E-state index contributed by atoms with van der Waals surface area (Å²) in [7, 11) is 0. The first-order chi connectivity index (χ1) is 22.1. The van der Waals surface area contributed by atoms with Gasteiger partial charge in [-0.25, -0.2) is 0 Å². The van der Waals surface area contributed by atoms with Crippen LogP contribution in [0.3, 0.4) is 0 Å². The molecule has 266 valence electrons. The van der Waals surface area contributed by atoms with Crippen LogP contribution in [0.1, 0.15) is 113 Å². The van der Waals surface area contributed by atoms with Crippen LogP contribution < -0.4 is 0 Å². The maximum Gasteiger partial charge on any atom is 0.303 e. The lowest BCUT2D eigenvalue weighted by molar-refractivity contribution is -0.290.